The molecule has 1 N–H and O–H groups in total. The first-order chi connectivity index (χ1) is 8.07. The highest BCUT2D eigenvalue weighted by Gasteiger charge is 2.28. The molecule has 0 aromatic carbocycles. The fourth-order valence-electron chi connectivity index (χ4n) is 2.55. The van der Waals surface area contributed by atoms with Crippen molar-refractivity contribution in [1.82, 2.24) is 10.2 Å². The van der Waals surface area contributed by atoms with Crippen molar-refractivity contribution >= 4 is 0 Å². The largest absolute Gasteiger partial charge is 0.375 e. The van der Waals surface area contributed by atoms with Gasteiger partial charge in [-0.15, -0.1) is 0 Å². The lowest BCUT2D eigenvalue weighted by Gasteiger charge is -2.36. The van der Waals surface area contributed by atoms with Crippen molar-refractivity contribution in [3.63, 3.8) is 0 Å². The summed E-state index contributed by atoms with van der Waals surface area (Å²) in [5.41, 5.74) is 0.0643. The number of hydrogen-bond acceptors (Lipinski definition) is 3. The van der Waals surface area contributed by atoms with E-state index in [0.717, 1.165) is 26.0 Å². The zero-order valence-electron chi connectivity index (χ0n) is 12.1. The zero-order valence-corrected chi connectivity index (χ0v) is 12.1. The van der Waals surface area contributed by atoms with Gasteiger partial charge in [-0.2, -0.15) is 0 Å². The molecule has 1 unspecified atom stereocenters. The molecule has 0 saturated carbocycles. The van der Waals surface area contributed by atoms with Gasteiger partial charge in [0.05, 0.1) is 5.60 Å². The van der Waals surface area contributed by atoms with E-state index in [2.05, 4.69) is 37.9 Å². The van der Waals surface area contributed by atoms with Crippen LogP contribution in [-0.4, -0.2) is 49.3 Å². The highest BCUT2D eigenvalue weighted by Crippen LogP contribution is 2.23. The smallest absolute Gasteiger partial charge is 0.0641 e. The molecule has 0 spiro atoms. The van der Waals surface area contributed by atoms with Gasteiger partial charge in [0.2, 0.25) is 0 Å². The van der Waals surface area contributed by atoms with E-state index >= 15 is 0 Å². The Morgan fingerprint density at radius 1 is 1.29 bits per heavy atom. The van der Waals surface area contributed by atoms with Crippen molar-refractivity contribution in [3.8, 4) is 0 Å². The quantitative estimate of drug-likeness (QED) is 0.693. The molecule has 1 rings (SSSR count). The molecule has 17 heavy (non-hydrogen) atoms. The molecular formula is C14H30N2O. The van der Waals surface area contributed by atoms with E-state index in [1.165, 1.54) is 26.1 Å². The molecule has 0 aromatic heterocycles. The Bertz CT molecular complexity index is 202. The van der Waals surface area contributed by atoms with Gasteiger partial charge in [0, 0.05) is 12.6 Å². The predicted octanol–water partition coefficient (Wildman–Crippen LogP) is 2.27. The zero-order chi connectivity index (χ0) is 12.7. The highest BCUT2D eigenvalue weighted by atomic mass is 16.5. The molecule has 1 aliphatic rings. The molecule has 102 valence electrons. The van der Waals surface area contributed by atoms with Gasteiger partial charge in [-0.25, -0.2) is 0 Å². The molecular weight excluding hydrogens is 212 g/mol. The standard InChI is InChI=1S/C14H30N2O/c1-5-16(6-2)10-7-9-15-13-8-11-17-14(3,4)12-13/h13,15H,5-12H2,1-4H3. The Balaban J connectivity index is 2.10. The van der Waals surface area contributed by atoms with Crippen LogP contribution in [0, 0.1) is 0 Å². The maximum atomic E-state index is 5.73. The van der Waals surface area contributed by atoms with Crippen LogP contribution in [-0.2, 0) is 4.74 Å². The van der Waals surface area contributed by atoms with E-state index in [4.69, 9.17) is 4.74 Å². The highest BCUT2D eigenvalue weighted by molar-refractivity contribution is 4.82. The van der Waals surface area contributed by atoms with Crippen molar-refractivity contribution in [3.05, 3.63) is 0 Å². The van der Waals surface area contributed by atoms with Crippen LogP contribution in [0.3, 0.4) is 0 Å². The Morgan fingerprint density at radius 2 is 2.00 bits per heavy atom. The molecule has 1 atom stereocenters. The predicted molar refractivity (Wildman–Crippen MR) is 73.5 cm³/mol. The lowest BCUT2D eigenvalue weighted by Crippen LogP contribution is -2.44. The molecule has 1 saturated heterocycles. The Labute approximate surface area is 107 Å². The monoisotopic (exact) mass is 242 g/mol. The second kappa shape index (κ2) is 7.34. The van der Waals surface area contributed by atoms with Crippen LogP contribution in [0.2, 0.25) is 0 Å². The summed E-state index contributed by atoms with van der Waals surface area (Å²) in [6, 6.07) is 0.649. The van der Waals surface area contributed by atoms with Gasteiger partial charge in [0.1, 0.15) is 0 Å². The Morgan fingerprint density at radius 3 is 2.59 bits per heavy atom. The van der Waals surface area contributed by atoms with Crippen molar-refractivity contribution in [2.45, 2.75) is 58.6 Å². The van der Waals surface area contributed by atoms with Gasteiger partial charge in [0.15, 0.2) is 0 Å². The summed E-state index contributed by atoms with van der Waals surface area (Å²) in [5, 5.41) is 3.67. The van der Waals surface area contributed by atoms with E-state index in [1.54, 1.807) is 0 Å². The lowest BCUT2D eigenvalue weighted by atomic mass is 9.94. The number of hydrogen-bond donors (Lipinski definition) is 1. The van der Waals surface area contributed by atoms with E-state index < -0.39 is 0 Å². The van der Waals surface area contributed by atoms with Crippen LogP contribution in [0.5, 0.6) is 0 Å². The van der Waals surface area contributed by atoms with E-state index in [9.17, 15) is 0 Å². The number of nitrogens with zero attached hydrogens (tertiary/aromatic N) is 1. The molecule has 3 nitrogen and oxygen atoms in total. The van der Waals surface area contributed by atoms with E-state index in [-0.39, 0.29) is 5.60 Å². The van der Waals surface area contributed by atoms with Crippen LogP contribution < -0.4 is 5.32 Å². The third kappa shape index (κ3) is 5.84. The van der Waals surface area contributed by atoms with Crippen molar-refractivity contribution in [1.29, 1.82) is 0 Å². The first kappa shape index (κ1) is 14.9. The second-order valence-electron chi connectivity index (χ2n) is 5.63. The maximum Gasteiger partial charge on any atom is 0.0641 e. The SMILES string of the molecule is CCN(CC)CCCNC1CCOC(C)(C)C1. The first-order valence-corrected chi connectivity index (χ1v) is 7.17. The molecule has 1 heterocycles. The molecule has 0 aromatic rings. The Kier molecular flexibility index (Phi) is 6.45. The van der Waals surface area contributed by atoms with Gasteiger partial charge < -0.3 is 15.0 Å². The Hall–Kier alpha value is -0.120. The van der Waals surface area contributed by atoms with E-state index in [0.29, 0.717) is 6.04 Å². The van der Waals surface area contributed by atoms with Crippen LogP contribution in [0.25, 0.3) is 0 Å². The van der Waals surface area contributed by atoms with Crippen LogP contribution in [0.15, 0.2) is 0 Å². The molecule has 3 heteroatoms. The summed E-state index contributed by atoms with van der Waals surface area (Å²) in [4.78, 5) is 2.48. The maximum absolute atomic E-state index is 5.73. The average Bonchev–Trinajstić information content (AvgIpc) is 2.28. The summed E-state index contributed by atoms with van der Waals surface area (Å²) in [6.07, 6.45) is 3.55. The summed E-state index contributed by atoms with van der Waals surface area (Å²) in [5.74, 6) is 0. The summed E-state index contributed by atoms with van der Waals surface area (Å²) in [6.45, 7) is 14.4. The van der Waals surface area contributed by atoms with Gasteiger partial charge in [-0.05, 0) is 59.3 Å². The molecule has 0 radical (unpaired) electrons. The number of ether oxygens (including phenoxy) is 1. The van der Waals surface area contributed by atoms with Crippen molar-refractivity contribution < 1.29 is 4.74 Å². The molecule has 1 aliphatic heterocycles. The van der Waals surface area contributed by atoms with Crippen LogP contribution in [0.4, 0.5) is 0 Å². The summed E-state index contributed by atoms with van der Waals surface area (Å²) < 4.78 is 5.73. The van der Waals surface area contributed by atoms with Crippen LogP contribution >= 0.6 is 0 Å². The van der Waals surface area contributed by atoms with Crippen molar-refractivity contribution in [2.24, 2.45) is 0 Å². The normalized spacial score (nSPS) is 24.2. The fourth-order valence-corrected chi connectivity index (χ4v) is 2.55. The van der Waals surface area contributed by atoms with Gasteiger partial charge in [-0.1, -0.05) is 13.8 Å². The second-order valence-corrected chi connectivity index (χ2v) is 5.63. The summed E-state index contributed by atoms with van der Waals surface area (Å²) in [7, 11) is 0. The average molecular weight is 242 g/mol. The van der Waals surface area contributed by atoms with Gasteiger partial charge in [-0.3, -0.25) is 0 Å². The molecule has 1 fully saturated rings. The minimum atomic E-state index is 0.0643. The topological polar surface area (TPSA) is 24.5 Å². The van der Waals surface area contributed by atoms with Crippen LogP contribution in [0.1, 0.15) is 47.0 Å². The van der Waals surface area contributed by atoms with E-state index in [1.807, 2.05) is 0 Å². The molecule has 0 aliphatic carbocycles. The lowest BCUT2D eigenvalue weighted by molar-refractivity contribution is -0.0628. The third-order valence-corrected chi connectivity index (χ3v) is 3.68. The summed E-state index contributed by atoms with van der Waals surface area (Å²) >= 11 is 0. The number of rotatable bonds is 7. The first-order valence-electron chi connectivity index (χ1n) is 7.17. The minimum Gasteiger partial charge on any atom is -0.375 e. The van der Waals surface area contributed by atoms with Gasteiger partial charge >= 0.3 is 0 Å². The minimum absolute atomic E-state index is 0.0643. The molecule has 0 bridgehead atoms. The fraction of sp³-hybridized carbons (Fsp3) is 1.00. The third-order valence-electron chi connectivity index (χ3n) is 3.68. The van der Waals surface area contributed by atoms with Gasteiger partial charge in [0.25, 0.3) is 0 Å². The van der Waals surface area contributed by atoms with Crippen molar-refractivity contribution in [2.75, 3.05) is 32.8 Å². The molecule has 0 amide bonds. The number of nitrogens with one attached hydrogen (secondary N) is 1.